The normalized spacial score (nSPS) is 14.3. The van der Waals surface area contributed by atoms with E-state index in [9.17, 15) is 4.79 Å². The first-order chi connectivity index (χ1) is 13.2. The van der Waals surface area contributed by atoms with Gasteiger partial charge in [-0.05, 0) is 6.92 Å². The SMILES string of the molecule is Cc1cc(Nc2cc(-c3ccccc3)nc(N3CCN(C=O)CC3)n2)no1. The standard InChI is InChI=1S/C19H20N6O2/c1-14-11-18(23-27-14)21-17-12-16(15-5-3-2-4-6-15)20-19(22-17)25-9-7-24(13-26)8-10-25/h2-6,11-13H,7-10H2,1H3,(H,20,21,22,23). The van der Waals surface area contributed by atoms with Crippen molar-refractivity contribution in [3.8, 4) is 11.3 Å². The van der Waals surface area contributed by atoms with Crippen molar-refractivity contribution in [2.45, 2.75) is 6.92 Å². The lowest BCUT2D eigenvalue weighted by molar-refractivity contribution is -0.118. The molecular weight excluding hydrogens is 344 g/mol. The van der Waals surface area contributed by atoms with Crippen LogP contribution in [0.2, 0.25) is 0 Å². The van der Waals surface area contributed by atoms with Crippen LogP contribution >= 0.6 is 0 Å². The van der Waals surface area contributed by atoms with E-state index in [1.807, 2.05) is 49.4 Å². The molecule has 27 heavy (non-hydrogen) atoms. The number of nitrogens with one attached hydrogen (secondary N) is 1. The Morgan fingerprint density at radius 1 is 1.04 bits per heavy atom. The molecule has 8 heteroatoms. The van der Waals surface area contributed by atoms with Gasteiger partial charge in [-0.25, -0.2) is 4.98 Å². The molecule has 3 heterocycles. The van der Waals surface area contributed by atoms with Crippen LogP contribution in [0.1, 0.15) is 5.76 Å². The number of rotatable bonds is 5. The second-order valence-corrected chi connectivity index (χ2v) is 6.38. The van der Waals surface area contributed by atoms with Gasteiger partial charge in [-0.2, -0.15) is 4.98 Å². The van der Waals surface area contributed by atoms with Gasteiger partial charge in [0.05, 0.1) is 5.69 Å². The molecule has 1 saturated heterocycles. The van der Waals surface area contributed by atoms with Gasteiger partial charge < -0.3 is 19.6 Å². The lowest BCUT2D eigenvalue weighted by atomic mass is 10.1. The van der Waals surface area contributed by atoms with Gasteiger partial charge in [0.2, 0.25) is 12.4 Å². The molecule has 4 rings (SSSR count). The van der Waals surface area contributed by atoms with Gasteiger partial charge in [0, 0.05) is 43.9 Å². The van der Waals surface area contributed by atoms with Gasteiger partial charge in [0.15, 0.2) is 5.82 Å². The molecule has 0 saturated carbocycles. The number of aryl methyl sites for hydroxylation is 1. The van der Waals surface area contributed by atoms with Crippen LogP contribution in [0, 0.1) is 6.92 Å². The third-order valence-electron chi connectivity index (χ3n) is 4.41. The molecule has 1 aromatic carbocycles. The molecule has 0 atom stereocenters. The van der Waals surface area contributed by atoms with Crippen molar-refractivity contribution in [1.29, 1.82) is 0 Å². The summed E-state index contributed by atoms with van der Waals surface area (Å²) in [6.07, 6.45) is 0.887. The van der Waals surface area contributed by atoms with E-state index < -0.39 is 0 Å². The fourth-order valence-corrected chi connectivity index (χ4v) is 2.98. The molecule has 0 unspecified atom stereocenters. The molecule has 138 valence electrons. The van der Waals surface area contributed by atoms with E-state index in [4.69, 9.17) is 9.51 Å². The van der Waals surface area contributed by atoms with Crippen LogP contribution in [0.25, 0.3) is 11.3 Å². The van der Waals surface area contributed by atoms with Crippen molar-refractivity contribution in [1.82, 2.24) is 20.0 Å². The molecular formula is C19H20N6O2. The fourth-order valence-electron chi connectivity index (χ4n) is 2.98. The van der Waals surface area contributed by atoms with Gasteiger partial charge in [0.25, 0.3) is 0 Å². The van der Waals surface area contributed by atoms with Crippen LogP contribution in [0.15, 0.2) is 47.0 Å². The highest BCUT2D eigenvalue weighted by Gasteiger charge is 2.19. The van der Waals surface area contributed by atoms with Gasteiger partial charge in [-0.1, -0.05) is 35.5 Å². The molecule has 0 spiro atoms. The van der Waals surface area contributed by atoms with Crippen molar-refractivity contribution in [2.75, 3.05) is 36.4 Å². The zero-order valence-electron chi connectivity index (χ0n) is 15.0. The summed E-state index contributed by atoms with van der Waals surface area (Å²) in [4.78, 5) is 24.2. The monoisotopic (exact) mass is 364 g/mol. The molecule has 0 bridgehead atoms. The summed E-state index contributed by atoms with van der Waals surface area (Å²) >= 11 is 0. The molecule has 0 radical (unpaired) electrons. The average Bonchev–Trinajstić information content (AvgIpc) is 3.13. The van der Waals surface area contributed by atoms with Gasteiger partial charge in [-0.3, -0.25) is 4.79 Å². The van der Waals surface area contributed by atoms with Crippen molar-refractivity contribution < 1.29 is 9.32 Å². The van der Waals surface area contributed by atoms with Crippen LogP contribution in [0.4, 0.5) is 17.6 Å². The molecule has 8 nitrogen and oxygen atoms in total. The number of hydrogen-bond acceptors (Lipinski definition) is 7. The Bertz CT molecular complexity index is 919. The zero-order valence-corrected chi connectivity index (χ0v) is 15.0. The Morgan fingerprint density at radius 2 is 1.81 bits per heavy atom. The molecule has 0 aliphatic carbocycles. The van der Waals surface area contributed by atoms with E-state index in [2.05, 4.69) is 20.4 Å². The summed E-state index contributed by atoms with van der Waals surface area (Å²) in [5.74, 6) is 2.59. The molecule has 2 aromatic heterocycles. The van der Waals surface area contributed by atoms with Gasteiger partial charge >= 0.3 is 0 Å². The molecule has 1 fully saturated rings. The minimum absolute atomic E-state index is 0.599. The Hall–Kier alpha value is -3.42. The highest BCUT2D eigenvalue weighted by atomic mass is 16.5. The maximum absolute atomic E-state index is 11.0. The first-order valence-electron chi connectivity index (χ1n) is 8.80. The lowest BCUT2D eigenvalue weighted by Crippen LogP contribution is -2.46. The maximum atomic E-state index is 11.0. The third kappa shape index (κ3) is 3.89. The Labute approximate surface area is 156 Å². The molecule has 1 aliphatic heterocycles. The van der Waals surface area contributed by atoms with Crippen LogP contribution in [-0.4, -0.2) is 52.6 Å². The second kappa shape index (κ2) is 7.45. The van der Waals surface area contributed by atoms with Crippen molar-refractivity contribution in [3.05, 3.63) is 48.2 Å². The minimum atomic E-state index is 0.599. The summed E-state index contributed by atoms with van der Waals surface area (Å²) in [5, 5.41) is 7.16. The molecule has 1 amide bonds. The number of benzene rings is 1. The van der Waals surface area contributed by atoms with Gasteiger partial charge in [0.1, 0.15) is 11.6 Å². The van der Waals surface area contributed by atoms with Crippen LogP contribution < -0.4 is 10.2 Å². The largest absolute Gasteiger partial charge is 0.360 e. The van der Waals surface area contributed by atoms with E-state index in [1.54, 1.807) is 4.90 Å². The van der Waals surface area contributed by atoms with Crippen LogP contribution in [-0.2, 0) is 4.79 Å². The topological polar surface area (TPSA) is 87.4 Å². The van der Waals surface area contributed by atoms with Crippen molar-refractivity contribution in [3.63, 3.8) is 0 Å². The number of nitrogens with zero attached hydrogens (tertiary/aromatic N) is 5. The summed E-state index contributed by atoms with van der Waals surface area (Å²) in [6, 6.07) is 13.7. The first-order valence-corrected chi connectivity index (χ1v) is 8.80. The second-order valence-electron chi connectivity index (χ2n) is 6.38. The number of anilines is 3. The van der Waals surface area contributed by atoms with Crippen LogP contribution in [0.5, 0.6) is 0 Å². The Morgan fingerprint density at radius 3 is 2.48 bits per heavy atom. The summed E-state index contributed by atoms with van der Waals surface area (Å²) in [7, 11) is 0. The van der Waals surface area contributed by atoms with Crippen LogP contribution in [0.3, 0.4) is 0 Å². The number of amides is 1. The highest BCUT2D eigenvalue weighted by Crippen LogP contribution is 2.25. The first kappa shape index (κ1) is 17.0. The van der Waals surface area contributed by atoms with E-state index in [1.165, 1.54) is 0 Å². The Kier molecular flexibility index (Phi) is 4.69. The van der Waals surface area contributed by atoms with Gasteiger partial charge in [-0.15, -0.1) is 0 Å². The van der Waals surface area contributed by atoms with Crippen molar-refractivity contribution >= 4 is 24.0 Å². The quantitative estimate of drug-likeness (QED) is 0.696. The number of carbonyl (C=O) groups excluding carboxylic acids is 1. The summed E-state index contributed by atoms with van der Waals surface area (Å²) in [6.45, 7) is 4.55. The predicted molar refractivity (Wildman–Crippen MR) is 102 cm³/mol. The molecule has 1 aliphatic rings. The van der Waals surface area contributed by atoms with E-state index in [-0.39, 0.29) is 0 Å². The third-order valence-corrected chi connectivity index (χ3v) is 4.41. The Balaban J connectivity index is 1.67. The number of carbonyl (C=O) groups is 1. The molecule has 3 aromatic rings. The summed E-state index contributed by atoms with van der Waals surface area (Å²) < 4.78 is 5.12. The minimum Gasteiger partial charge on any atom is -0.360 e. The average molecular weight is 364 g/mol. The predicted octanol–water partition coefficient (Wildman–Crippen LogP) is 2.46. The molecule has 1 N–H and O–H groups in total. The highest BCUT2D eigenvalue weighted by molar-refractivity contribution is 5.66. The number of aromatic nitrogens is 3. The van der Waals surface area contributed by atoms with E-state index in [0.717, 1.165) is 23.4 Å². The van der Waals surface area contributed by atoms with E-state index >= 15 is 0 Å². The van der Waals surface area contributed by atoms with E-state index in [0.29, 0.717) is 43.8 Å². The number of piperazine rings is 1. The fraction of sp³-hybridized carbons (Fsp3) is 0.263. The smallest absolute Gasteiger partial charge is 0.228 e. The van der Waals surface area contributed by atoms with Crippen molar-refractivity contribution in [2.24, 2.45) is 0 Å². The lowest BCUT2D eigenvalue weighted by Gasteiger charge is -2.32. The zero-order chi connectivity index (χ0) is 18.6. The number of hydrogen-bond donors (Lipinski definition) is 1. The maximum Gasteiger partial charge on any atom is 0.228 e. The summed E-state index contributed by atoms with van der Waals surface area (Å²) in [5.41, 5.74) is 1.83.